The first-order valence-electron chi connectivity index (χ1n) is 10.3. The van der Waals surface area contributed by atoms with E-state index >= 15 is 0 Å². The van der Waals surface area contributed by atoms with Crippen molar-refractivity contribution in [3.63, 3.8) is 0 Å². The van der Waals surface area contributed by atoms with E-state index < -0.39 is 16.7 Å². The van der Waals surface area contributed by atoms with Gasteiger partial charge in [-0.25, -0.2) is 0 Å². The number of nitro groups is 1. The standard InChI is InChI=1S/C21H23N3O5/c25-17(22-21-9-12-6-13(10-21)8-14(7-12)11-21)4-5-23-19(26)15-2-1-3-16(24(28)29)18(15)20(23)27/h1-3,12-14H,4-11H2,(H,22,25). The van der Waals surface area contributed by atoms with E-state index in [0.29, 0.717) is 17.8 Å². The van der Waals surface area contributed by atoms with E-state index in [1.165, 1.54) is 37.5 Å². The SMILES string of the molecule is O=C(CCN1C(=O)c2cccc([N+](=O)[O-])c2C1=O)NC12CC3CC(CC(C3)C1)C2. The van der Waals surface area contributed by atoms with E-state index in [9.17, 15) is 24.5 Å². The summed E-state index contributed by atoms with van der Waals surface area (Å²) < 4.78 is 0. The van der Waals surface area contributed by atoms with Gasteiger partial charge < -0.3 is 5.32 Å². The molecule has 1 aromatic carbocycles. The lowest BCUT2D eigenvalue weighted by Gasteiger charge is -2.56. The van der Waals surface area contributed by atoms with Gasteiger partial charge in [-0.05, 0) is 62.3 Å². The number of imide groups is 1. The molecule has 0 aromatic heterocycles. The molecule has 4 bridgehead atoms. The third kappa shape index (κ3) is 2.92. The summed E-state index contributed by atoms with van der Waals surface area (Å²) >= 11 is 0. The number of nitrogens with one attached hydrogen (secondary N) is 1. The zero-order valence-corrected chi connectivity index (χ0v) is 16.1. The van der Waals surface area contributed by atoms with Crippen LogP contribution in [0.5, 0.6) is 0 Å². The number of carbonyl (C=O) groups is 3. The van der Waals surface area contributed by atoms with Crippen molar-refractivity contribution in [3.05, 3.63) is 39.4 Å². The highest BCUT2D eigenvalue weighted by Gasteiger charge is 2.51. The lowest BCUT2D eigenvalue weighted by Crippen LogP contribution is -2.60. The summed E-state index contributed by atoms with van der Waals surface area (Å²) in [5, 5.41) is 14.4. The van der Waals surface area contributed by atoms with Crippen LogP contribution in [0.2, 0.25) is 0 Å². The second kappa shape index (κ2) is 6.37. The third-order valence-electron chi connectivity index (χ3n) is 7.18. The molecule has 8 heteroatoms. The number of fused-ring (bicyclic) bond motifs is 1. The Morgan fingerprint density at radius 2 is 1.72 bits per heavy atom. The number of amides is 3. The largest absolute Gasteiger partial charge is 0.351 e. The maximum atomic E-state index is 12.7. The highest BCUT2D eigenvalue weighted by Crippen LogP contribution is 2.55. The van der Waals surface area contributed by atoms with Crippen LogP contribution in [0.3, 0.4) is 0 Å². The van der Waals surface area contributed by atoms with Crippen LogP contribution < -0.4 is 5.32 Å². The van der Waals surface area contributed by atoms with Gasteiger partial charge in [0.1, 0.15) is 5.56 Å². The number of nitro benzene ring substituents is 1. The number of hydrogen-bond acceptors (Lipinski definition) is 5. The predicted octanol–water partition coefficient (Wildman–Crippen LogP) is 2.67. The van der Waals surface area contributed by atoms with Gasteiger partial charge in [0.05, 0.1) is 10.5 Å². The average molecular weight is 397 g/mol. The minimum absolute atomic E-state index is 0.0149. The van der Waals surface area contributed by atoms with E-state index in [2.05, 4.69) is 5.32 Å². The van der Waals surface area contributed by atoms with Crippen LogP contribution in [0.4, 0.5) is 5.69 Å². The average Bonchev–Trinajstić information content (AvgIpc) is 2.89. The number of hydrogen-bond donors (Lipinski definition) is 1. The summed E-state index contributed by atoms with van der Waals surface area (Å²) in [6, 6.07) is 4.02. The van der Waals surface area contributed by atoms with Gasteiger partial charge in [0.15, 0.2) is 0 Å². The Morgan fingerprint density at radius 1 is 1.10 bits per heavy atom. The van der Waals surface area contributed by atoms with Gasteiger partial charge in [0, 0.05) is 24.6 Å². The second-order valence-electron chi connectivity index (χ2n) is 9.21. The summed E-state index contributed by atoms with van der Waals surface area (Å²) in [6.45, 7) is -0.0678. The third-order valence-corrected chi connectivity index (χ3v) is 7.18. The highest BCUT2D eigenvalue weighted by molar-refractivity contribution is 6.23. The van der Waals surface area contributed by atoms with Crippen LogP contribution in [-0.2, 0) is 4.79 Å². The molecular formula is C21H23N3O5. The van der Waals surface area contributed by atoms with E-state index in [-0.39, 0.29) is 41.2 Å². The highest BCUT2D eigenvalue weighted by atomic mass is 16.6. The number of carbonyl (C=O) groups excluding carboxylic acids is 3. The van der Waals surface area contributed by atoms with Gasteiger partial charge in [-0.3, -0.25) is 29.4 Å². The normalized spacial score (nSPS) is 31.9. The zero-order chi connectivity index (χ0) is 20.3. The molecule has 0 atom stereocenters. The number of rotatable bonds is 5. The van der Waals surface area contributed by atoms with Crippen molar-refractivity contribution in [2.24, 2.45) is 17.8 Å². The molecule has 0 spiro atoms. The lowest BCUT2D eigenvalue weighted by molar-refractivity contribution is -0.385. The second-order valence-corrected chi connectivity index (χ2v) is 9.21. The fourth-order valence-electron chi connectivity index (χ4n) is 6.51. The van der Waals surface area contributed by atoms with Crippen molar-refractivity contribution >= 4 is 23.4 Å². The van der Waals surface area contributed by atoms with Crippen LogP contribution in [-0.4, -0.2) is 39.6 Å². The Bertz CT molecular complexity index is 905. The van der Waals surface area contributed by atoms with Crippen molar-refractivity contribution in [2.75, 3.05) is 6.54 Å². The molecule has 0 saturated heterocycles. The van der Waals surface area contributed by atoms with Crippen LogP contribution in [0.25, 0.3) is 0 Å². The zero-order valence-electron chi connectivity index (χ0n) is 16.1. The minimum atomic E-state index is -0.695. The van der Waals surface area contributed by atoms with Crippen LogP contribution in [0.15, 0.2) is 18.2 Å². The molecule has 29 heavy (non-hydrogen) atoms. The Kier molecular flexibility index (Phi) is 4.01. The van der Waals surface area contributed by atoms with Crippen molar-refractivity contribution in [2.45, 2.75) is 50.5 Å². The van der Waals surface area contributed by atoms with Crippen molar-refractivity contribution < 1.29 is 19.3 Å². The minimum Gasteiger partial charge on any atom is -0.351 e. The van der Waals surface area contributed by atoms with Gasteiger partial charge in [0.25, 0.3) is 17.5 Å². The maximum absolute atomic E-state index is 12.7. The van der Waals surface area contributed by atoms with E-state index in [4.69, 9.17) is 0 Å². The van der Waals surface area contributed by atoms with Gasteiger partial charge in [0.2, 0.25) is 5.91 Å². The molecule has 152 valence electrons. The maximum Gasteiger partial charge on any atom is 0.282 e. The fourth-order valence-corrected chi connectivity index (χ4v) is 6.51. The molecule has 1 aliphatic heterocycles. The summed E-state index contributed by atoms with van der Waals surface area (Å²) in [4.78, 5) is 49.3. The Labute approximate surface area is 167 Å². The molecule has 3 amide bonds. The Hall–Kier alpha value is -2.77. The molecule has 1 N–H and O–H groups in total. The van der Waals surface area contributed by atoms with Crippen LogP contribution in [0.1, 0.15) is 65.7 Å². The first-order chi connectivity index (χ1) is 13.8. The number of benzene rings is 1. The fraction of sp³-hybridized carbons (Fsp3) is 0.571. The lowest BCUT2D eigenvalue weighted by atomic mass is 9.53. The van der Waals surface area contributed by atoms with E-state index in [1.54, 1.807) is 0 Å². The van der Waals surface area contributed by atoms with Gasteiger partial charge in [-0.2, -0.15) is 0 Å². The molecular weight excluding hydrogens is 374 g/mol. The molecule has 8 nitrogen and oxygen atoms in total. The quantitative estimate of drug-likeness (QED) is 0.467. The van der Waals surface area contributed by atoms with E-state index in [0.717, 1.165) is 24.2 Å². The van der Waals surface area contributed by atoms with Gasteiger partial charge in [-0.15, -0.1) is 0 Å². The Balaban J connectivity index is 1.26. The molecule has 6 rings (SSSR count). The van der Waals surface area contributed by atoms with Crippen LogP contribution >= 0.6 is 0 Å². The molecule has 0 radical (unpaired) electrons. The summed E-state index contributed by atoms with van der Waals surface area (Å²) in [6.07, 6.45) is 6.95. The predicted molar refractivity (Wildman–Crippen MR) is 102 cm³/mol. The monoisotopic (exact) mass is 397 g/mol. The molecule has 5 aliphatic rings. The molecule has 0 unspecified atom stereocenters. The molecule has 1 aromatic rings. The molecule has 4 fully saturated rings. The molecule has 4 saturated carbocycles. The Morgan fingerprint density at radius 3 is 2.31 bits per heavy atom. The topological polar surface area (TPSA) is 110 Å². The molecule has 4 aliphatic carbocycles. The van der Waals surface area contributed by atoms with Crippen molar-refractivity contribution in [1.82, 2.24) is 10.2 Å². The van der Waals surface area contributed by atoms with Gasteiger partial charge >= 0.3 is 0 Å². The first kappa shape index (κ1) is 18.3. The smallest absolute Gasteiger partial charge is 0.282 e. The van der Waals surface area contributed by atoms with Crippen molar-refractivity contribution in [1.29, 1.82) is 0 Å². The van der Waals surface area contributed by atoms with Gasteiger partial charge in [-0.1, -0.05) is 6.07 Å². The molecule has 1 heterocycles. The van der Waals surface area contributed by atoms with Crippen LogP contribution in [0, 0.1) is 27.9 Å². The summed E-state index contributed by atoms with van der Waals surface area (Å²) in [5.74, 6) is 0.698. The first-order valence-corrected chi connectivity index (χ1v) is 10.3. The summed E-state index contributed by atoms with van der Waals surface area (Å²) in [5.41, 5.74) is -0.636. The van der Waals surface area contributed by atoms with E-state index in [1.807, 2.05) is 0 Å². The summed E-state index contributed by atoms with van der Waals surface area (Å²) in [7, 11) is 0. The number of nitrogens with zero attached hydrogens (tertiary/aromatic N) is 2. The van der Waals surface area contributed by atoms with Crippen molar-refractivity contribution in [3.8, 4) is 0 Å².